The summed E-state index contributed by atoms with van der Waals surface area (Å²) in [6.45, 7) is 0. The predicted molar refractivity (Wildman–Crippen MR) is 101 cm³/mol. The molecule has 1 aliphatic carbocycles. The summed E-state index contributed by atoms with van der Waals surface area (Å²) in [5.41, 5.74) is 1.54. The van der Waals surface area contributed by atoms with E-state index >= 15 is 0 Å². The highest BCUT2D eigenvalue weighted by Gasteiger charge is 2.22. The van der Waals surface area contributed by atoms with Gasteiger partial charge in [0.25, 0.3) is 5.56 Å². The number of nitrogens with two attached hydrogens (primary N) is 1. The molecule has 1 aromatic heterocycles. The van der Waals surface area contributed by atoms with Crippen molar-refractivity contribution in [2.75, 3.05) is 5.32 Å². The van der Waals surface area contributed by atoms with E-state index in [0.29, 0.717) is 16.8 Å². The Labute approximate surface area is 150 Å². The second-order valence-corrected chi connectivity index (χ2v) is 6.97. The van der Waals surface area contributed by atoms with Crippen LogP contribution in [-0.4, -0.2) is 27.9 Å². The lowest BCUT2D eigenvalue weighted by molar-refractivity contribution is 0.126. The molecule has 1 heterocycles. The van der Waals surface area contributed by atoms with Crippen molar-refractivity contribution in [2.24, 2.45) is 5.14 Å². The fraction of sp³-hybridized carbons (Fsp3) is 0.333. The third-order valence-corrected chi connectivity index (χ3v) is 5.09. The number of aromatic amines is 1. The molecule has 1 aliphatic rings. The van der Waals surface area contributed by atoms with Gasteiger partial charge in [0, 0.05) is 22.7 Å². The average molecular weight is 358 g/mol. The number of nitrogens with one attached hydrogen (secondary N) is 3. The molecule has 0 radical (unpaired) electrons. The first kappa shape index (κ1) is 17.7. The largest absolute Gasteiger partial charge is 0.393 e. The van der Waals surface area contributed by atoms with E-state index < -0.39 is 0 Å². The molecule has 6 nitrogen and oxygen atoms in total. The van der Waals surface area contributed by atoms with Gasteiger partial charge >= 0.3 is 0 Å². The van der Waals surface area contributed by atoms with Gasteiger partial charge in [0.15, 0.2) is 0 Å². The summed E-state index contributed by atoms with van der Waals surface area (Å²) in [5.74, 6) is 0. The molecule has 0 bridgehead atoms. The van der Waals surface area contributed by atoms with Gasteiger partial charge < -0.3 is 15.4 Å². The van der Waals surface area contributed by atoms with E-state index in [0.717, 1.165) is 42.5 Å². The number of anilines is 1. The Morgan fingerprint density at radius 1 is 1.20 bits per heavy atom. The second-order valence-electron chi connectivity index (χ2n) is 6.26. The quantitative estimate of drug-likeness (QED) is 0.416. The maximum Gasteiger partial charge on any atom is 0.259 e. The van der Waals surface area contributed by atoms with Crippen LogP contribution in [0.15, 0.2) is 46.2 Å². The molecule has 0 saturated heterocycles. The van der Waals surface area contributed by atoms with Crippen LogP contribution in [-0.2, 0) is 0 Å². The fourth-order valence-electron chi connectivity index (χ4n) is 3.13. The molecule has 132 valence electrons. The summed E-state index contributed by atoms with van der Waals surface area (Å²) in [7, 11) is 0. The highest BCUT2D eigenvalue weighted by atomic mass is 32.2. The molecule has 0 spiro atoms. The molecular weight excluding hydrogens is 336 g/mol. The number of H-pyrrole nitrogens is 1. The van der Waals surface area contributed by atoms with E-state index in [1.165, 1.54) is 0 Å². The van der Waals surface area contributed by atoms with E-state index in [1.807, 2.05) is 12.1 Å². The summed E-state index contributed by atoms with van der Waals surface area (Å²) in [6, 6.07) is 9.26. The van der Waals surface area contributed by atoms with E-state index in [1.54, 1.807) is 24.4 Å². The summed E-state index contributed by atoms with van der Waals surface area (Å²) >= 11 is 1.14. The van der Waals surface area contributed by atoms with Crippen LogP contribution in [0.1, 0.15) is 36.8 Å². The van der Waals surface area contributed by atoms with Crippen LogP contribution in [0, 0.1) is 5.41 Å². The van der Waals surface area contributed by atoms with Crippen molar-refractivity contribution in [3.8, 4) is 0 Å². The van der Waals surface area contributed by atoms with Gasteiger partial charge in [-0.3, -0.25) is 15.3 Å². The maximum atomic E-state index is 12.4. The number of aliphatic hydroxyl groups is 1. The first-order valence-electron chi connectivity index (χ1n) is 8.31. The lowest BCUT2D eigenvalue weighted by Gasteiger charge is -2.27. The number of aromatic nitrogens is 1. The smallest absolute Gasteiger partial charge is 0.259 e. The van der Waals surface area contributed by atoms with Crippen LogP contribution < -0.4 is 16.0 Å². The number of hydrogen-bond donors (Lipinski definition) is 5. The molecule has 1 saturated carbocycles. The Hall–Kier alpha value is -2.09. The first-order valence-corrected chi connectivity index (χ1v) is 9.19. The van der Waals surface area contributed by atoms with Crippen molar-refractivity contribution in [3.63, 3.8) is 0 Å². The summed E-state index contributed by atoms with van der Waals surface area (Å²) in [4.78, 5) is 15.9. The molecule has 0 unspecified atom stereocenters. The predicted octanol–water partition coefficient (Wildman–Crippen LogP) is 2.47. The van der Waals surface area contributed by atoms with Crippen molar-refractivity contribution in [1.29, 1.82) is 5.41 Å². The van der Waals surface area contributed by atoms with E-state index in [9.17, 15) is 9.90 Å². The highest BCUT2D eigenvalue weighted by molar-refractivity contribution is 7.97. The monoisotopic (exact) mass is 358 g/mol. The summed E-state index contributed by atoms with van der Waals surface area (Å²) in [5, 5.41) is 27.1. The Bertz CT molecular complexity index is 795. The van der Waals surface area contributed by atoms with Crippen molar-refractivity contribution < 1.29 is 5.11 Å². The number of aliphatic hydroxyl groups excluding tert-OH is 1. The third kappa shape index (κ3) is 4.12. The number of rotatable bonds is 5. The first-order chi connectivity index (χ1) is 12.1. The maximum absolute atomic E-state index is 12.4. The fourth-order valence-corrected chi connectivity index (χ4v) is 3.42. The minimum atomic E-state index is -0.289. The Morgan fingerprint density at radius 2 is 1.88 bits per heavy atom. The van der Waals surface area contributed by atoms with Gasteiger partial charge in [-0.05, 0) is 55.8 Å². The average Bonchev–Trinajstić information content (AvgIpc) is 2.63. The number of pyridine rings is 1. The molecule has 0 atom stereocenters. The molecule has 7 heteroatoms. The highest BCUT2D eigenvalue weighted by Crippen LogP contribution is 2.24. The van der Waals surface area contributed by atoms with Crippen LogP contribution in [0.3, 0.4) is 0 Å². The molecule has 1 fully saturated rings. The SMILES string of the molecule is N=C(c1ccc(SN)cc1)c1c(NC2CCC(O)CC2)cc[nH]c1=O. The standard InChI is InChI=1S/C18H22N4O2S/c19-17(11-1-7-14(25-20)8-2-11)16-15(9-10-21-18(16)24)22-12-3-5-13(23)6-4-12/h1-2,7-10,12-13,19,23H,3-6,20H2,(H2,21,22,24). The van der Waals surface area contributed by atoms with Gasteiger partial charge in [0.2, 0.25) is 0 Å². The van der Waals surface area contributed by atoms with E-state index in [2.05, 4.69) is 10.3 Å². The molecule has 0 aliphatic heterocycles. The zero-order valence-corrected chi connectivity index (χ0v) is 14.6. The van der Waals surface area contributed by atoms with Gasteiger partial charge in [0.05, 0.1) is 23.1 Å². The lowest BCUT2D eigenvalue weighted by atomic mass is 9.92. The van der Waals surface area contributed by atoms with Crippen LogP contribution >= 0.6 is 11.9 Å². The zero-order chi connectivity index (χ0) is 17.8. The number of hydrogen-bond acceptors (Lipinski definition) is 6. The molecule has 6 N–H and O–H groups in total. The number of benzene rings is 1. The minimum absolute atomic E-state index is 0.175. The van der Waals surface area contributed by atoms with Gasteiger partial charge in [-0.1, -0.05) is 12.1 Å². The molecule has 2 aromatic rings. The molecule has 0 amide bonds. The van der Waals surface area contributed by atoms with Crippen molar-refractivity contribution in [1.82, 2.24) is 4.98 Å². The van der Waals surface area contributed by atoms with E-state index in [-0.39, 0.29) is 23.4 Å². The van der Waals surface area contributed by atoms with E-state index in [4.69, 9.17) is 10.5 Å². The Kier molecular flexibility index (Phi) is 5.57. The van der Waals surface area contributed by atoms with Crippen molar-refractivity contribution in [2.45, 2.75) is 42.7 Å². The Balaban J connectivity index is 1.87. The van der Waals surface area contributed by atoms with Crippen molar-refractivity contribution in [3.05, 3.63) is 58.0 Å². The van der Waals surface area contributed by atoms with Crippen LogP contribution in [0.2, 0.25) is 0 Å². The van der Waals surface area contributed by atoms with Gasteiger partial charge in [-0.25, -0.2) is 0 Å². The topological polar surface area (TPSA) is 115 Å². The zero-order valence-electron chi connectivity index (χ0n) is 13.8. The van der Waals surface area contributed by atoms with Gasteiger partial charge in [0.1, 0.15) is 0 Å². The molecular formula is C18H22N4O2S. The third-order valence-electron chi connectivity index (χ3n) is 4.55. The Morgan fingerprint density at radius 3 is 2.52 bits per heavy atom. The van der Waals surface area contributed by atoms with Gasteiger partial charge in [-0.15, -0.1) is 0 Å². The normalized spacial score (nSPS) is 20.2. The van der Waals surface area contributed by atoms with Crippen LogP contribution in [0.5, 0.6) is 0 Å². The summed E-state index contributed by atoms with van der Waals surface area (Å²) < 4.78 is 0. The van der Waals surface area contributed by atoms with Gasteiger partial charge in [-0.2, -0.15) is 0 Å². The lowest BCUT2D eigenvalue weighted by Crippen LogP contribution is -2.30. The molecule has 3 rings (SSSR count). The molecule has 1 aromatic carbocycles. The minimum Gasteiger partial charge on any atom is -0.393 e. The summed E-state index contributed by atoms with van der Waals surface area (Å²) in [6.07, 6.45) is 4.58. The van der Waals surface area contributed by atoms with Crippen LogP contribution in [0.25, 0.3) is 0 Å². The van der Waals surface area contributed by atoms with Crippen LogP contribution in [0.4, 0.5) is 5.69 Å². The molecule has 25 heavy (non-hydrogen) atoms. The van der Waals surface area contributed by atoms with Crippen molar-refractivity contribution >= 4 is 23.3 Å². The second kappa shape index (κ2) is 7.86.